The van der Waals surface area contributed by atoms with Gasteiger partial charge in [-0.1, -0.05) is 91.0 Å². The molecule has 0 unspecified atom stereocenters. The molecule has 1 saturated heterocycles. The second kappa shape index (κ2) is 8.15. The molecule has 2 heterocycles. The van der Waals surface area contributed by atoms with Crippen molar-refractivity contribution in [1.82, 2.24) is 14.9 Å². The standard InChI is InChI=1S/C26H21N3O3/c30-24-23(28-25(31)32-24)16-22-17-29(18-27-22)26(19-10-4-1-5-11-19,20-12-6-2-7-13-20)21-14-8-3-9-15-21/h1-15,17-18,23H,16H2,(H,28,31)/t23-/m0/s1. The van der Waals surface area contributed by atoms with E-state index in [0.717, 1.165) is 16.7 Å². The van der Waals surface area contributed by atoms with E-state index < -0.39 is 23.6 Å². The van der Waals surface area contributed by atoms with E-state index >= 15 is 0 Å². The molecule has 1 aliphatic heterocycles. The van der Waals surface area contributed by atoms with Crippen LogP contribution in [0.5, 0.6) is 0 Å². The van der Waals surface area contributed by atoms with E-state index in [1.54, 1.807) is 6.33 Å². The minimum absolute atomic E-state index is 0.256. The van der Waals surface area contributed by atoms with Crippen molar-refractivity contribution in [2.24, 2.45) is 0 Å². The maximum Gasteiger partial charge on any atom is 0.415 e. The Morgan fingerprint density at radius 2 is 1.31 bits per heavy atom. The highest BCUT2D eigenvalue weighted by Crippen LogP contribution is 2.40. The molecular weight excluding hydrogens is 402 g/mol. The van der Waals surface area contributed by atoms with Gasteiger partial charge in [-0.05, 0) is 16.7 Å². The Morgan fingerprint density at radius 3 is 1.75 bits per heavy atom. The van der Waals surface area contributed by atoms with Gasteiger partial charge in [0.2, 0.25) is 0 Å². The van der Waals surface area contributed by atoms with Crippen LogP contribution in [0.4, 0.5) is 4.79 Å². The van der Waals surface area contributed by atoms with Gasteiger partial charge in [-0.15, -0.1) is 0 Å². The van der Waals surface area contributed by atoms with E-state index in [1.165, 1.54) is 0 Å². The first-order valence-corrected chi connectivity index (χ1v) is 10.4. The third-order valence-corrected chi connectivity index (χ3v) is 5.78. The smallest absolute Gasteiger partial charge is 0.375 e. The van der Waals surface area contributed by atoms with Crippen LogP contribution in [0.25, 0.3) is 0 Å². The van der Waals surface area contributed by atoms with Crippen LogP contribution < -0.4 is 5.32 Å². The van der Waals surface area contributed by atoms with Crippen molar-refractivity contribution >= 4 is 12.1 Å². The maximum absolute atomic E-state index is 11.9. The molecule has 5 rings (SSSR count). The highest BCUT2D eigenvalue weighted by Gasteiger charge is 2.39. The predicted octanol–water partition coefficient (Wildman–Crippen LogP) is 3.90. The van der Waals surface area contributed by atoms with Gasteiger partial charge in [-0.2, -0.15) is 0 Å². The molecule has 1 N–H and O–H groups in total. The highest BCUT2D eigenvalue weighted by atomic mass is 16.6. The SMILES string of the molecule is O=C1N[C@@H](Cc2cn(C(c3ccccc3)(c3ccccc3)c3ccccc3)cn2)C(=O)O1. The Kier molecular flexibility index (Phi) is 5.03. The highest BCUT2D eigenvalue weighted by molar-refractivity contribution is 5.95. The van der Waals surface area contributed by atoms with Gasteiger partial charge in [0.05, 0.1) is 12.0 Å². The number of imidazole rings is 1. The number of alkyl carbamates (subject to hydrolysis) is 1. The number of nitrogens with zero attached hydrogens (tertiary/aromatic N) is 2. The molecule has 0 saturated carbocycles. The molecule has 0 spiro atoms. The number of hydrogen-bond donors (Lipinski definition) is 1. The number of aromatic nitrogens is 2. The van der Waals surface area contributed by atoms with Crippen LogP contribution >= 0.6 is 0 Å². The van der Waals surface area contributed by atoms with Gasteiger partial charge in [-0.3, -0.25) is 0 Å². The van der Waals surface area contributed by atoms with Crippen LogP contribution in [0, 0.1) is 0 Å². The molecule has 6 heteroatoms. The first-order valence-electron chi connectivity index (χ1n) is 10.4. The zero-order valence-corrected chi connectivity index (χ0v) is 17.2. The minimum Gasteiger partial charge on any atom is -0.375 e. The van der Waals surface area contributed by atoms with Crippen LogP contribution in [0.15, 0.2) is 104 Å². The zero-order valence-electron chi connectivity index (χ0n) is 17.2. The molecule has 3 aromatic carbocycles. The number of rotatable bonds is 6. The van der Waals surface area contributed by atoms with Crippen molar-refractivity contribution in [2.75, 3.05) is 0 Å². The van der Waals surface area contributed by atoms with E-state index in [9.17, 15) is 9.59 Å². The number of hydrogen-bond acceptors (Lipinski definition) is 4. The van der Waals surface area contributed by atoms with Gasteiger partial charge in [0.15, 0.2) is 0 Å². The van der Waals surface area contributed by atoms with Gasteiger partial charge in [0, 0.05) is 12.6 Å². The summed E-state index contributed by atoms with van der Waals surface area (Å²) >= 11 is 0. The predicted molar refractivity (Wildman–Crippen MR) is 119 cm³/mol. The van der Waals surface area contributed by atoms with E-state index in [2.05, 4.69) is 56.0 Å². The van der Waals surface area contributed by atoms with Gasteiger partial charge >= 0.3 is 12.1 Å². The lowest BCUT2D eigenvalue weighted by molar-refractivity contribution is -0.135. The Hall–Kier alpha value is -4.19. The molecule has 32 heavy (non-hydrogen) atoms. The number of carbonyl (C=O) groups is 2. The summed E-state index contributed by atoms with van der Waals surface area (Å²) in [5, 5.41) is 2.54. The van der Waals surface area contributed by atoms with Crippen LogP contribution in [0.1, 0.15) is 22.4 Å². The normalized spacial score (nSPS) is 15.9. The van der Waals surface area contributed by atoms with E-state index in [-0.39, 0.29) is 6.42 Å². The molecule has 1 aromatic heterocycles. The Balaban J connectivity index is 1.68. The molecule has 158 valence electrons. The molecule has 1 aliphatic rings. The minimum atomic E-state index is -0.731. The van der Waals surface area contributed by atoms with Crippen LogP contribution in [0.2, 0.25) is 0 Å². The summed E-state index contributed by atoms with van der Waals surface area (Å²) in [7, 11) is 0. The summed E-state index contributed by atoms with van der Waals surface area (Å²) in [6.07, 6.45) is 3.26. The van der Waals surface area contributed by atoms with Gasteiger partial charge in [0.1, 0.15) is 11.6 Å². The molecular formula is C26H21N3O3. The average Bonchev–Trinajstić information content (AvgIpc) is 3.42. The largest absolute Gasteiger partial charge is 0.415 e. The summed E-state index contributed by atoms with van der Waals surface area (Å²) in [4.78, 5) is 27.9. The monoisotopic (exact) mass is 423 g/mol. The molecule has 0 aliphatic carbocycles. The number of nitrogens with one attached hydrogen (secondary N) is 1. The van der Waals surface area contributed by atoms with Crippen molar-refractivity contribution < 1.29 is 14.3 Å². The van der Waals surface area contributed by atoms with Gasteiger partial charge in [0.25, 0.3) is 0 Å². The average molecular weight is 423 g/mol. The zero-order chi connectivity index (χ0) is 22.0. The molecule has 0 bridgehead atoms. The molecule has 1 fully saturated rings. The summed E-state index contributed by atoms with van der Waals surface area (Å²) in [6, 6.07) is 30.0. The quantitative estimate of drug-likeness (QED) is 0.290. The second-order valence-corrected chi connectivity index (χ2v) is 7.69. The van der Waals surface area contributed by atoms with E-state index in [1.807, 2.05) is 60.8 Å². The lowest BCUT2D eigenvalue weighted by Crippen LogP contribution is -2.37. The Bertz CT molecular complexity index is 1140. The van der Waals surface area contributed by atoms with Crippen LogP contribution in [0.3, 0.4) is 0 Å². The van der Waals surface area contributed by atoms with Crippen molar-refractivity contribution in [3.8, 4) is 0 Å². The van der Waals surface area contributed by atoms with Crippen molar-refractivity contribution in [3.63, 3.8) is 0 Å². The number of ether oxygens (including phenoxy) is 1. The number of carbonyl (C=O) groups excluding carboxylic acids is 2. The van der Waals surface area contributed by atoms with Crippen molar-refractivity contribution in [3.05, 3.63) is 126 Å². The molecule has 4 aromatic rings. The number of benzene rings is 3. The molecule has 1 atom stereocenters. The first kappa shape index (κ1) is 19.8. The number of cyclic esters (lactones) is 2. The summed E-state index contributed by atoms with van der Waals surface area (Å²) in [5.41, 5.74) is 3.25. The van der Waals surface area contributed by atoms with Crippen LogP contribution in [-0.2, 0) is 21.5 Å². The van der Waals surface area contributed by atoms with E-state index in [4.69, 9.17) is 0 Å². The summed E-state index contributed by atoms with van der Waals surface area (Å²) < 4.78 is 6.68. The lowest BCUT2D eigenvalue weighted by atomic mass is 9.77. The van der Waals surface area contributed by atoms with E-state index in [0.29, 0.717) is 5.69 Å². The van der Waals surface area contributed by atoms with Crippen LogP contribution in [-0.4, -0.2) is 27.7 Å². The fourth-order valence-electron chi connectivity index (χ4n) is 4.37. The van der Waals surface area contributed by atoms with Gasteiger partial charge in [-0.25, -0.2) is 14.6 Å². The molecule has 0 radical (unpaired) electrons. The maximum atomic E-state index is 11.9. The van der Waals surface area contributed by atoms with Gasteiger partial charge < -0.3 is 14.6 Å². The third-order valence-electron chi connectivity index (χ3n) is 5.78. The number of esters is 1. The Morgan fingerprint density at radius 1 is 0.812 bits per heavy atom. The number of amides is 1. The third kappa shape index (κ3) is 3.36. The fourth-order valence-corrected chi connectivity index (χ4v) is 4.37. The van der Waals surface area contributed by atoms with Crippen molar-refractivity contribution in [2.45, 2.75) is 18.0 Å². The van der Waals surface area contributed by atoms with Crippen molar-refractivity contribution in [1.29, 1.82) is 0 Å². The second-order valence-electron chi connectivity index (χ2n) is 7.69. The molecule has 1 amide bonds. The Labute approximate surface area is 185 Å². The molecule has 6 nitrogen and oxygen atoms in total. The topological polar surface area (TPSA) is 73.2 Å². The fraction of sp³-hybridized carbons (Fsp3) is 0.115. The summed E-state index contributed by atoms with van der Waals surface area (Å²) in [5.74, 6) is -0.579. The summed E-state index contributed by atoms with van der Waals surface area (Å²) in [6.45, 7) is 0. The first-order chi connectivity index (χ1) is 15.7. The lowest BCUT2D eigenvalue weighted by Gasteiger charge is -2.37.